The summed E-state index contributed by atoms with van der Waals surface area (Å²) in [7, 11) is 0. The minimum absolute atomic E-state index is 0.0990. The summed E-state index contributed by atoms with van der Waals surface area (Å²) >= 11 is 6.16. The summed E-state index contributed by atoms with van der Waals surface area (Å²) in [6.45, 7) is 4.19. The van der Waals surface area contributed by atoms with Crippen LogP contribution in [0, 0.1) is 5.92 Å². The maximum atomic E-state index is 13.6. The van der Waals surface area contributed by atoms with Gasteiger partial charge in [-0.3, -0.25) is 14.5 Å². The van der Waals surface area contributed by atoms with Crippen molar-refractivity contribution >= 4 is 29.1 Å². The third-order valence-electron chi connectivity index (χ3n) is 7.40. The Labute approximate surface area is 206 Å². The lowest BCUT2D eigenvalue weighted by molar-refractivity contribution is -0.120. The number of carbonyl (C=O) groups is 2. The highest BCUT2D eigenvalue weighted by Gasteiger charge is 2.47. The van der Waals surface area contributed by atoms with Gasteiger partial charge in [-0.2, -0.15) is 0 Å². The van der Waals surface area contributed by atoms with E-state index in [1.54, 1.807) is 24.3 Å². The number of nitrogens with zero attached hydrogens (tertiary/aromatic N) is 2. The molecule has 0 spiro atoms. The van der Waals surface area contributed by atoms with Gasteiger partial charge in [0.25, 0.3) is 5.91 Å². The van der Waals surface area contributed by atoms with Gasteiger partial charge in [-0.1, -0.05) is 42.6 Å². The molecule has 3 unspecified atom stereocenters. The predicted octanol–water partition coefficient (Wildman–Crippen LogP) is 4.58. The van der Waals surface area contributed by atoms with Gasteiger partial charge < -0.3 is 15.0 Å². The number of likely N-dealkylation sites (tertiary alicyclic amines) is 1. The fourth-order valence-electron chi connectivity index (χ4n) is 5.75. The van der Waals surface area contributed by atoms with E-state index in [1.165, 1.54) is 0 Å². The van der Waals surface area contributed by atoms with Crippen LogP contribution in [0.25, 0.3) is 0 Å². The molecule has 2 aliphatic heterocycles. The van der Waals surface area contributed by atoms with Crippen LogP contribution in [0.1, 0.15) is 48.0 Å². The molecule has 7 heteroatoms. The Kier molecular flexibility index (Phi) is 7.18. The normalized spacial score (nSPS) is 25.1. The van der Waals surface area contributed by atoms with Crippen LogP contribution < -0.4 is 5.32 Å². The van der Waals surface area contributed by atoms with Gasteiger partial charge in [0.2, 0.25) is 5.91 Å². The van der Waals surface area contributed by atoms with Gasteiger partial charge in [0.05, 0.1) is 13.2 Å². The number of anilines is 1. The number of benzene rings is 2. The van der Waals surface area contributed by atoms with E-state index >= 15 is 0 Å². The van der Waals surface area contributed by atoms with Crippen molar-refractivity contribution < 1.29 is 14.3 Å². The van der Waals surface area contributed by atoms with Crippen LogP contribution in [0.3, 0.4) is 0 Å². The zero-order valence-electron chi connectivity index (χ0n) is 19.4. The van der Waals surface area contributed by atoms with Gasteiger partial charge in [-0.15, -0.1) is 0 Å². The Bertz CT molecular complexity index is 1040. The fraction of sp³-hybridized carbons (Fsp3) is 0.481. The summed E-state index contributed by atoms with van der Waals surface area (Å²) in [6, 6.07) is 14.7. The van der Waals surface area contributed by atoms with Crippen LogP contribution in [0.5, 0.6) is 0 Å². The van der Waals surface area contributed by atoms with Crippen LogP contribution in [0.2, 0.25) is 5.02 Å². The molecule has 1 aliphatic carbocycles. The van der Waals surface area contributed by atoms with Crippen LogP contribution in [0.15, 0.2) is 48.5 Å². The Morgan fingerprint density at radius 2 is 1.82 bits per heavy atom. The van der Waals surface area contributed by atoms with Crippen LogP contribution >= 0.6 is 11.6 Å². The molecule has 2 aromatic rings. The summed E-state index contributed by atoms with van der Waals surface area (Å²) in [5.74, 6) is 0.173. The van der Waals surface area contributed by atoms with Crippen LogP contribution in [0.4, 0.5) is 5.69 Å². The lowest BCUT2D eigenvalue weighted by atomic mass is 9.84. The van der Waals surface area contributed by atoms with Crippen molar-refractivity contribution in [3.63, 3.8) is 0 Å². The van der Waals surface area contributed by atoms with E-state index in [9.17, 15) is 9.59 Å². The summed E-state index contributed by atoms with van der Waals surface area (Å²) < 4.78 is 5.44. The number of carbonyl (C=O) groups excluding carboxylic acids is 2. The molecular weight excluding hydrogens is 450 g/mol. The van der Waals surface area contributed by atoms with E-state index in [2.05, 4.69) is 16.3 Å². The van der Waals surface area contributed by atoms with E-state index < -0.39 is 6.04 Å². The summed E-state index contributed by atoms with van der Waals surface area (Å²) in [4.78, 5) is 31.3. The SMILES string of the molecule is O=C(Nc1cccc(CN2CCOCC2)c1)C1CC2CCCCC2N1C(=O)c1cccc(Cl)c1. The topological polar surface area (TPSA) is 61.9 Å². The van der Waals surface area contributed by atoms with Gasteiger partial charge in [0.15, 0.2) is 0 Å². The first kappa shape index (κ1) is 23.3. The van der Waals surface area contributed by atoms with Crippen molar-refractivity contribution in [3.8, 4) is 0 Å². The molecule has 1 saturated carbocycles. The maximum Gasteiger partial charge on any atom is 0.254 e. The molecule has 2 aromatic carbocycles. The highest BCUT2D eigenvalue weighted by Crippen LogP contribution is 2.41. The highest BCUT2D eigenvalue weighted by molar-refractivity contribution is 6.31. The molecule has 2 saturated heterocycles. The van der Waals surface area contributed by atoms with Gasteiger partial charge in [-0.25, -0.2) is 0 Å². The standard InChI is InChI=1S/C27H32ClN3O3/c28-22-8-4-7-21(16-22)27(33)31-24-10-2-1-6-20(24)17-25(31)26(32)29-23-9-3-5-19(15-23)18-30-11-13-34-14-12-30/h3-5,7-9,15-16,20,24-25H,1-2,6,10-14,17-18H2,(H,29,32). The molecule has 3 fully saturated rings. The minimum atomic E-state index is -0.470. The number of amides is 2. The zero-order valence-corrected chi connectivity index (χ0v) is 20.2. The molecule has 6 nitrogen and oxygen atoms in total. The Morgan fingerprint density at radius 1 is 1.03 bits per heavy atom. The van der Waals surface area contributed by atoms with E-state index in [4.69, 9.17) is 16.3 Å². The zero-order chi connectivity index (χ0) is 23.5. The summed E-state index contributed by atoms with van der Waals surface area (Å²) in [6.07, 6.45) is 5.01. The average molecular weight is 482 g/mol. The van der Waals surface area contributed by atoms with Crippen LogP contribution in [-0.2, 0) is 16.1 Å². The Balaban J connectivity index is 1.33. The van der Waals surface area contributed by atoms with Gasteiger partial charge in [0, 0.05) is 41.9 Å². The van der Waals surface area contributed by atoms with E-state index in [0.29, 0.717) is 16.5 Å². The smallest absolute Gasteiger partial charge is 0.254 e. The van der Waals surface area contributed by atoms with Gasteiger partial charge in [-0.05, 0) is 61.1 Å². The highest BCUT2D eigenvalue weighted by atomic mass is 35.5. The average Bonchev–Trinajstić information content (AvgIpc) is 3.24. The quantitative estimate of drug-likeness (QED) is 0.678. The summed E-state index contributed by atoms with van der Waals surface area (Å²) in [5, 5.41) is 3.65. The molecule has 2 amide bonds. The Hall–Kier alpha value is -2.41. The maximum absolute atomic E-state index is 13.6. The molecule has 3 aliphatic rings. The first-order valence-corrected chi connectivity index (χ1v) is 12.7. The van der Waals surface area contributed by atoms with Crippen molar-refractivity contribution in [1.82, 2.24) is 9.80 Å². The molecule has 2 heterocycles. The number of rotatable bonds is 5. The monoisotopic (exact) mass is 481 g/mol. The third-order valence-corrected chi connectivity index (χ3v) is 7.64. The van der Waals surface area contributed by atoms with Gasteiger partial charge >= 0.3 is 0 Å². The molecule has 0 aromatic heterocycles. The van der Waals surface area contributed by atoms with Crippen molar-refractivity contribution in [2.24, 2.45) is 5.92 Å². The third kappa shape index (κ3) is 5.14. The lowest BCUT2D eigenvalue weighted by Crippen LogP contribution is -2.47. The van der Waals surface area contributed by atoms with Crippen molar-refractivity contribution in [2.75, 3.05) is 31.6 Å². The number of halogens is 1. The molecular formula is C27H32ClN3O3. The number of morpholine rings is 1. The predicted molar refractivity (Wildman–Crippen MR) is 133 cm³/mol. The Morgan fingerprint density at radius 3 is 2.65 bits per heavy atom. The fourth-order valence-corrected chi connectivity index (χ4v) is 5.94. The molecule has 0 bridgehead atoms. The van der Waals surface area contributed by atoms with E-state index in [0.717, 1.165) is 76.2 Å². The second-order valence-corrected chi connectivity index (χ2v) is 10.1. The molecule has 180 valence electrons. The number of ether oxygens (including phenoxy) is 1. The van der Waals surface area contributed by atoms with Crippen molar-refractivity contribution in [1.29, 1.82) is 0 Å². The molecule has 5 rings (SSSR count). The van der Waals surface area contributed by atoms with Crippen molar-refractivity contribution in [2.45, 2.75) is 50.7 Å². The van der Waals surface area contributed by atoms with Crippen molar-refractivity contribution in [3.05, 3.63) is 64.7 Å². The summed E-state index contributed by atoms with van der Waals surface area (Å²) in [5.41, 5.74) is 2.48. The minimum Gasteiger partial charge on any atom is -0.379 e. The van der Waals surface area contributed by atoms with Gasteiger partial charge in [0.1, 0.15) is 6.04 Å². The second-order valence-electron chi connectivity index (χ2n) is 9.66. The first-order chi connectivity index (χ1) is 16.6. The number of hydrogen-bond acceptors (Lipinski definition) is 4. The molecule has 0 radical (unpaired) electrons. The number of hydrogen-bond donors (Lipinski definition) is 1. The van der Waals surface area contributed by atoms with E-state index in [1.807, 2.05) is 23.1 Å². The second kappa shape index (κ2) is 10.5. The molecule has 3 atom stereocenters. The first-order valence-electron chi connectivity index (χ1n) is 12.4. The van der Waals surface area contributed by atoms with Crippen LogP contribution in [-0.4, -0.2) is 60.0 Å². The number of fused-ring (bicyclic) bond motifs is 1. The van der Waals surface area contributed by atoms with E-state index in [-0.39, 0.29) is 17.9 Å². The molecule has 34 heavy (non-hydrogen) atoms. The molecule has 1 N–H and O–H groups in total. The lowest BCUT2D eigenvalue weighted by Gasteiger charge is -2.33. The largest absolute Gasteiger partial charge is 0.379 e. The number of nitrogens with one attached hydrogen (secondary N) is 1.